The third kappa shape index (κ3) is 4.59. The minimum atomic E-state index is -0.763. The monoisotopic (exact) mass is 230 g/mol. The Morgan fingerprint density at radius 2 is 2.47 bits per heavy atom. The van der Waals surface area contributed by atoms with Gasteiger partial charge < -0.3 is 15.8 Å². The molecule has 1 aromatic heterocycles. The quantitative estimate of drug-likeness (QED) is 0.711. The van der Waals surface area contributed by atoms with E-state index in [0.29, 0.717) is 6.54 Å². The molecular weight excluding hydrogens is 216 g/mol. The van der Waals surface area contributed by atoms with E-state index in [2.05, 4.69) is 26.3 Å². The molecule has 0 saturated carbocycles. The van der Waals surface area contributed by atoms with Crippen LogP contribution in [0.5, 0.6) is 0 Å². The van der Waals surface area contributed by atoms with Gasteiger partial charge in [0.1, 0.15) is 12.4 Å². The molecule has 0 fully saturated rings. The van der Waals surface area contributed by atoms with Gasteiger partial charge in [0.15, 0.2) is 0 Å². The molecule has 0 aliphatic carbocycles. The van der Waals surface area contributed by atoms with Gasteiger partial charge in [-0.3, -0.25) is 0 Å². The molecule has 0 atom stereocenters. The average Bonchev–Trinajstić information content (AvgIpc) is 2.61. The lowest BCUT2D eigenvalue weighted by Gasteiger charge is -2.01. The van der Waals surface area contributed by atoms with Crippen LogP contribution in [0.4, 0.5) is 9.93 Å². The van der Waals surface area contributed by atoms with Crippen molar-refractivity contribution in [2.75, 3.05) is 18.5 Å². The van der Waals surface area contributed by atoms with E-state index in [4.69, 9.17) is 5.73 Å². The molecule has 1 rings (SSSR count). The molecule has 0 unspecified atom stereocenters. The molecule has 1 heterocycles. The summed E-state index contributed by atoms with van der Waals surface area (Å²) in [6.07, 6.45) is 1.15. The lowest BCUT2D eigenvalue weighted by molar-refractivity contribution is 0.161. The molecule has 0 aromatic carbocycles. The summed E-state index contributed by atoms with van der Waals surface area (Å²) in [5.74, 6) is 0.848. The van der Waals surface area contributed by atoms with Gasteiger partial charge in [-0.1, -0.05) is 6.92 Å². The van der Waals surface area contributed by atoms with Gasteiger partial charge in [0.25, 0.3) is 0 Å². The fourth-order valence-electron chi connectivity index (χ4n) is 0.961. The number of rotatable bonds is 6. The zero-order valence-electron chi connectivity index (χ0n) is 8.52. The number of primary amides is 1. The summed E-state index contributed by atoms with van der Waals surface area (Å²) in [6, 6.07) is 0. The molecule has 0 radical (unpaired) electrons. The highest BCUT2D eigenvalue weighted by Crippen LogP contribution is 2.11. The maximum atomic E-state index is 10.2. The standard InChI is InChI=1S/C8H14N4O2S/c1-2-3-6-11-8(15-12-6)10-4-5-14-7(9)13/h2-5H2,1H3,(H2,9,13)(H,10,11,12). The molecule has 6 nitrogen and oxygen atoms in total. The SMILES string of the molecule is CCCc1nsc(NCCOC(N)=O)n1. The lowest BCUT2D eigenvalue weighted by atomic mass is 10.3. The number of hydrogen-bond donors (Lipinski definition) is 2. The van der Waals surface area contributed by atoms with Gasteiger partial charge in [0, 0.05) is 18.0 Å². The average molecular weight is 230 g/mol. The highest BCUT2D eigenvalue weighted by molar-refractivity contribution is 7.09. The number of nitrogens with zero attached hydrogens (tertiary/aromatic N) is 2. The van der Waals surface area contributed by atoms with Crippen LogP contribution in [0.25, 0.3) is 0 Å². The molecule has 84 valence electrons. The molecule has 7 heteroatoms. The summed E-state index contributed by atoms with van der Waals surface area (Å²) in [4.78, 5) is 14.5. The molecule has 0 aliphatic heterocycles. The number of carbonyl (C=O) groups is 1. The largest absolute Gasteiger partial charge is 0.448 e. The topological polar surface area (TPSA) is 90.1 Å². The van der Waals surface area contributed by atoms with E-state index < -0.39 is 6.09 Å². The van der Waals surface area contributed by atoms with Crippen LogP contribution in [0.3, 0.4) is 0 Å². The van der Waals surface area contributed by atoms with E-state index in [1.54, 1.807) is 0 Å². The van der Waals surface area contributed by atoms with Crippen molar-refractivity contribution in [2.45, 2.75) is 19.8 Å². The van der Waals surface area contributed by atoms with Crippen LogP contribution in [0.15, 0.2) is 0 Å². The minimum absolute atomic E-state index is 0.234. The van der Waals surface area contributed by atoms with E-state index in [0.717, 1.165) is 23.8 Å². The molecule has 15 heavy (non-hydrogen) atoms. The Morgan fingerprint density at radius 3 is 3.13 bits per heavy atom. The van der Waals surface area contributed by atoms with Crippen LogP contribution in [-0.4, -0.2) is 28.6 Å². The van der Waals surface area contributed by atoms with Crippen LogP contribution in [-0.2, 0) is 11.2 Å². The maximum absolute atomic E-state index is 10.2. The number of hydrogen-bond acceptors (Lipinski definition) is 6. The summed E-state index contributed by atoms with van der Waals surface area (Å²) >= 11 is 1.30. The van der Waals surface area contributed by atoms with Crippen molar-refractivity contribution >= 4 is 22.8 Å². The van der Waals surface area contributed by atoms with Crippen LogP contribution in [0.1, 0.15) is 19.2 Å². The lowest BCUT2D eigenvalue weighted by Crippen LogP contribution is -2.18. The molecule has 0 spiro atoms. The van der Waals surface area contributed by atoms with Crippen molar-refractivity contribution in [3.8, 4) is 0 Å². The Labute approximate surface area is 92.0 Å². The predicted octanol–water partition coefficient (Wildman–Crippen LogP) is 0.998. The Morgan fingerprint density at radius 1 is 1.67 bits per heavy atom. The number of carbonyl (C=O) groups excluding carboxylic acids is 1. The highest BCUT2D eigenvalue weighted by Gasteiger charge is 2.02. The first kappa shape index (κ1) is 11.7. The number of amides is 1. The fraction of sp³-hybridized carbons (Fsp3) is 0.625. The summed E-state index contributed by atoms with van der Waals surface area (Å²) < 4.78 is 8.71. The van der Waals surface area contributed by atoms with Crippen LogP contribution >= 0.6 is 11.5 Å². The van der Waals surface area contributed by atoms with Crippen molar-refractivity contribution in [1.82, 2.24) is 9.36 Å². The summed E-state index contributed by atoms with van der Waals surface area (Å²) in [5, 5.41) is 3.73. The Hall–Kier alpha value is -1.37. The molecule has 1 amide bonds. The van der Waals surface area contributed by atoms with Crippen molar-refractivity contribution < 1.29 is 9.53 Å². The van der Waals surface area contributed by atoms with Gasteiger partial charge >= 0.3 is 6.09 Å². The molecule has 0 bridgehead atoms. The van der Waals surface area contributed by atoms with Crippen molar-refractivity contribution in [1.29, 1.82) is 0 Å². The number of nitrogens with two attached hydrogens (primary N) is 1. The van der Waals surface area contributed by atoms with E-state index in [-0.39, 0.29) is 6.61 Å². The van der Waals surface area contributed by atoms with Crippen LogP contribution < -0.4 is 11.1 Å². The molecule has 3 N–H and O–H groups in total. The Balaban J connectivity index is 2.22. The number of nitrogens with one attached hydrogen (secondary N) is 1. The normalized spacial score (nSPS) is 9.93. The first-order valence-corrected chi connectivity index (χ1v) is 5.48. The minimum Gasteiger partial charge on any atom is -0.448 e. The second-order valence-corrected chi connectivity index (χ2v) is 3.61. The number of ether oxygens (including phenoxy) is 1. The van der Waals surface area contributed by atoms with Gasteiger partial charge in [-0.2, -0.15) is 4.37 Å². The van der Waals surface area contributed by atoms with Gasteiger partial charge in [0.2, 0.25) is 5.13 Å². The van der Waals surface area contributed by atoms with Crippen molar-refractivity contribution in [2.24, 2.45) is 5.73 Å². The van der Waals surface area contributed by atoms with E-state index in [9.17, 15) is 4.79 Å². The predicted molar refractivity (Wildman–Crippen MR) is 57.9 cm³/mol. The smallest absolute Gasteiger partial charge is 0.404 e. The first-order chi connectivity index (χ1) is 7.22. The third-order valence-electron chi connectivity index (χ3n) is 1.56. The summed E-state index contributed by atoms with van der Waals surface area (Å²) in [6.45, 7) is 2.80. The van der Waals surface area contributed by atoms with Gasteiger partial charge in [-0.25, -0.2) is 9.78 Å². The first-order valence-electron chi connectivity index (χ1n) is 4.71. The zero-order valence-corrected chi connectivity index (χ0v) is 9.34. The van der Waals surface area contributed by atoms with Gasteiger partial charge in [0.05, 0.1) is 6.54 Å². The molecular formula is C8H14N4O2S. The van der Waals surface area contributed by atoms with E-state index in [1.165, 1.54) is 11.5 Å². The Bertz CT molecular complexity index is 315. The van der Waals surface area contributed by atoms with E-state index >= 15 is 0 Å². The number of anilines is 1. The maximum Gasteiger partial charge on any atom is 0.404 e. The van der Waals surface area contributed by atoms with Crippen LogP contribution in [0, 0.1) is 0 Å². The van der Waals surface area contributed by atoms with Crippen molar-refractivity contribution in [3.63, 3.8) is 0 Å². The third-order valence-corrected chi connectivity index (χ3v) is 2.27. The zero-order chi connectivity index (χ0) is 11.1. The van der Waals surface area contributed by atoms with Gasteiger partial charge in [-0.05, 0) is 6.42 Å². The van der Waals surface area contributed by atoms with Crippen LogP contribution in [0.2, 0.25) is 0 Å². The number of aryl methyl sites for hydroxylation is 1. The second kappa shape index (κ2) is 6.18. The highest BCUT2D eigenvalue weighted by atomic mass is 32.1. The Kier molecular flexibility index (Phi) is 4.82. The van der Waals surface area contributed by atoms with Crippen molar-refractivity contribution in [3.05, 3.63) is 5.82 Å². The van der Waals surface area contributed by atoms with E-state index in [1.807, 2.05) is 0 Å². The fourth-order valence-corrected chi connectivity index (χ4v) is 1.60. The molecule has 1 aromatic rings. The molecule has 0 saturated heterocycles. The molecule has 0 aliphatic rings. The van der Waals surface area contributed by atoms with Gasteiger partial charge in [-0.15, -0.1) is 0 Å². The summed E-state index contributed by atoms with van der Waals surface area (Å²) in [7, 11) is 0. The summed E-state index contributed by atoms with van der Waals surface area (Å²) in [5.41, 5.74) is 4.80. The number of aromatic nitrogens is 2. The second-order valence-electron chi connectivity index (χ2n) is 2.86.